The number of methoxy groups -OCH3 is 1. The monoisotopic (exact) mass is 291 g/mol. The van der Waals surface area contributed by atoms with Crippen LogP contribution in [0.5, 0.6) is 0 Å². The van der Waals surface area contributed by atoms with E-state index in [1.165, 1.54) is 7.11 Å². The summed E-state index contributed by atoms with van der Waals surface area (Å²) in [5, 5.41) is 0. The summed E-state index contributed by atoms with van der Waals surface area (Å²) < 4.78 is 16.6. The Bertz CT molecular complexity index is 510. The van der Waals surface area contributed by atoms with Crippen LogP contribution in [-0.2, 0) is 24.4 Å². The van der Waals surface area contributed by atoms with Gasteiger partial charge in [0.05, 0.1) is 25.7 Å². The van der Waals surface area contributed by atoms with Gasteiger partial charge in [-0.05, 0) is 30.5 Å². The number of rotatable bonds is 2. The molecule has 1 saturated heterocycles. The van der Waals surface area contributed by atoms with Gasteiger partial charge in [-0.1, -0.05) is 12.1 Å². The van der Waals surface area contributed by atoms with E-state index in [0.29, 0.717) is 44.6 Å². The summed E-state index contributed by atoms with van der Waals surface area (Å²) in [7, 11) is 1.44. The lowest BCUT2D eigenvalue weighted by atomic mass is 9.67. The normalized spacial score (nSPS) is 23.1. The fraction of sp³-hybridized carbons (Fsp3) is 0.562. The van der Waals surface area contributed by atoms with Gasteiger partial charge in [0.1, 0.15) is 0 Å². The van der Waals surface area contributed by atoms with Gasteiger partial charge in [-0.2, -0.15) is 0 Å². The van der Waals surface area contributed by atoms with Crippen molar-refractivity contribution >= 4 is 11.7 Å². The van der Waals surface area contributed by atoms with Crippen LogP contribution in [0.1, 0.15) is 31.2 Å². The predicted molar refractivity (Wildman–Crippen MR) is 77.7 cm³/mol. The minimum Gasteiger partial charge on any atom is -0.468 e. The van der Waals surface area contributed by atoms with E-state index >= 15 is 0 Å². The maximum Gasteiger partial charge on any atom is 0.316 e. The van der Waals surface area contributed by atoms with Crippen LogP contribution in [0, 0.1) is 0 Å². The zero-order chi connectivity index (χ0) is 14.9. The molecule has 1 aromatic rings. The first-order valence-corrected chi connectivity index (χ1v) is 7.33. The van der Waals surface area contributed by atoms with E-state index in [4.69, 9.17) is 19.9 Å². The maximum absolute atomic E-state index is 12.4. The fourth-order valence-corrected chi connectivity index (χ4v) is 3.45. The molecular formula is C16H21NO4. The van der Waals surface area contributed by atoms with Gasteiger partial charge >= 0.3 is 5.97 Å². The van der Waals surface area contributed by atoms with Crippen molar-refractivity contribution in [3.8, 4) is 0 Å². The number of ether oxygens (including phenoxy) is 3. The van der Waals surface area contributed by atoms with E-state index in [1.807, 2.05) is 24.3 Å². The molecule has 21 heavy (non-hydrogen) atoms. The number of hydrogen-bond donors (Lipinski definition) is 1. The molecule has 2 N–H and O–H groups in total. The molecule has 0 radical (unpaired) electrons. The van der Waals surface area contributed by atoms with Gasteiger partial charge < -0.3 is 19.9 Å². The van der Waals surface area contributed by atoms with E-state index in [-0.39, 0.29) is 5.97 Å². The molecule has 1 spiro atoms. The summed E-state index contributed by atoms with van der Waals surface area (Å²) >= 11 is 0. The number of nitrogens with two attached hydrogens (primary N) is 1. The van der Waals surface area contributed by atoms with Crippen molar-refractivity contribution in [1.82, 2.24) is 0 Å². The van der Waals surface area contributed by atoms with Crippen LogP contribution in [0.2, 0.25) is 0 Å². The van der Waals surface area contributed by atoms with Crippen LogP contribution in [0.4, 0.5) is 5.69 Å². The Labute approximate surface area is 124 Å². The lowest BCUT2D eigenvalue weighted by Gasteiger charge is -2.42. The molecule has 0 aromatic heterocycles. The molecule has 5 heteroatoms. The zero-order valence-electron chi connectivity index (χ0n) is 12.3. The van der Waals surface area contributed by atoms with Crippen LogP contribution in [0.15, 0.2) is 24.3 Å². The molecule has 0 unspecified atom stereocenters. The third-order valence-electron chi connectivity index (χ3n) is 4.72. The molecule has 5 nitrogen and oxygen atoms in total. The van der Waals surface area contributed by atoms with Gasteiger partial charge in [0, 0.05) is 18.5 Å². The number of esters is 1. The third kappa shape index (κ3) is 2.40. The summed E-state index contributed by atoms with van der Waals surface area (Å²) in [5.41, 5.74) is 6.77. The average molecular weight is 291 g/mol. The quantitative estimate of drug-likeness (QED) is 0.666. The molecule has 114 valence electrons. The summed E-state index contributed by atoms with van der Waals surface area (Å²) in [6.45, 7) is 1.26. The van der Waals surface area contributed by atoms with Crippen LogP contribution in [0.3, 0.4) is 0 Å². The van der Waals surface area contributed by atoms with Crippen LogP contribution < -0.4 is 5.73 Å². The number of nitrogen functional groups attached to an aromatic ring is 1. The average Bonchev–Trinajstić information content (AvgIpc) is 2.97. The van der Waals surface area contributed by atoms with Crippen LogP contribution in [-0.4, -0.2) is 32.1 Å². The second-order valence-electron chi connectivity index (χ2n) is 5.80. The highest BCUT2D eigenvalue weighted by Crippen LogP contribution is 2.47. The number of anilines is 1. The SMILES string of the molecule is COC(=O)C1(c2ccc(N)cc2)CCC2(CC1)OCCO2. The largest absolute Gasteiger partial charge is 0.468 e. The number of carbonyl (C=O) groups is 1. The van der Waals surface area contributed by atoms with Gasteiger partial charge in [0.25, 0.3) is 0 Å². The first-order chi connectivity index (χ1) is 10.1. The lowest BCUT2D eigenvalue weighted by Crippen LogP contribution is -2.46. The van der Waals surface area contributed by atoms with Crippen molar-refractivity contribution < 1.29 is 19.0 Å². The first kappa shape index (κ1) is 14.4. The number of benzene rings is 1. The molecule has 2 aliphatic rings. The molecule has 1 aromatic carbocycles. The van der Waals surface area contributed by atoms with Gasteiger partial charge in [0.2, 0.25) is 0 Å². The Hall–Kier alpha value is -1.59. The van der Waals surface area contributed by atoms with E-state index in [2.05, 4.69) is 0 Å². The summed E-state index contributed by atoms with van der Waals surface area (Å²) in [5.74, 6) is -0.689. The molecule has 1 aliphatic carbocycles. The fourth-order valence-electron chi connectivity index (χ4n) is 3.45. The van der Waals surface area contributed by atoms with Crippen molar-refractivity contribution in [2.75, 3.05) is 26.1 Å². The second kappa shape index (κ2) is 5.31. The highest BCUT2D eigenvalue weighted by molar-refractivity contribution is 5.83. The first-order valence-electron chi connectivity index (χ1n) is 7.33. The zero-order valence-corrected chi connectivity index (χ0v) is 12.3. The maximum atomic E-state index is 12.4. The summed E-state index contributed by atoms with van der Waals surface area (Å²) in [4.78, 5) is 12.4. The van der Waals surface area contributed by atoms with Gasteiger partial charge in [-0.15, -0.1) is 0 Å². The Morgan fingerprint density at radius 3 is 2.19 bits per heavy atom. The smallest absolute Gasteiger partial charge is 0.316 e. The topological polar surface area (TPSA) is 70.8 Å². The minimum absolute atomic E-state index is 0.194. The van der Waals surface area contributed by atoms with E-state index in [9.17, 15) is 4.79 Å². The van der Waals surface area contributed by atoms with Crippen molar-refractivity contribution in [3.05, 3.63) is 29.8 Å². The van der Waals surface area contributed by atoms with Crippen molar-refractivity contribution in [2.45, 2.75) is 36.9 Å². The molecule has 1 aliphatic heterocycles. The van der Waals surface area contributed by atoms with Gasteiger partial charge in [-0.25, -0.2) is 0 Å². The van der Waals surface area contributed by atoms with Crippen LogP contribution in [0.25, 0.3) is 0 Å². The molecule has 2 fully saturated rings. The molecular weight excluding hydrogens is 270 g/mol. The van der Waals surface area contributed by atoms with Crippen molar-refractivity contribution in [2.24, 2.45) is 0 Å². The molecule has 0 bridgehead atoms. The molecule has 0 amide bonds. The van der Waals surface area contributed by atoms with Crippen molar-refractivity contribution in [1.29, 1.82) is 0 Å². The third-order valence-corrected chi connectivity index (χ3v) is 4.72. The Kier molecular flexibility index (Phi) is 3.63. The number of hydrogen-bond acceptors (Lipinski definition) is 5. The Morgan fingerprint density at radius 1 is 1.10 bits per heavy atom. The second-order valence-corrected chi connectivity index (χ2v) is 5.80. The van der Waals surface area contributed by atoms with Gasteiger partial charge in [-0.3, -0.25) is 4.79 Å². The van der Waals surface area contributed by atoms with Gasteiger partial charge in [0.15, 0.2) is 5.79 Å². The Morgan fingerprint density at radius 2 is 1.67 bits per heavy atom. The highest BCUT2D eigenvalue weighted by Gasteiger charge is 2.51. The lowest BCUT2D eigenvalue weighted by molar-refractivity contribution is -0.190. The molecule has 3 rings (SSSR count). The number of carbonyl (C=O) groups excluding carboxylic acids is 1. The van der Waals surface area contributed by atoms with E-state index in [1.54, 1.807) is 0 Å². The standard InChI is InChI=1S/C16H21NO4/c1-19-14(18)15(12-2-4-13(17)5-3-12)6-8-16(9-7-15)20-10-11-21-16/h2-5H,6-11,17H2,1H3. The predicted octanol–water partition coefficient (Wildman–Crippen LogP) is 2.00. The van der Waals surface area contributed by atoms with E-state index in [0.717, 1.165) is 5.56 Å². The van der Waals surface area contributed by atoms with Crippen LogP contribution >= 0.6 is 0 Å². The molecule has 1 heterocycles. The molecule has 0 atom stereocenters. The molecule has 1 saturated carbocycles. The van der Waals surface area contributed by atoms with Crippen molar-refractivity contribution in [3.63, 3.8) is 0 Å². The Balaban J connectivity index is 1.89. The minimum atomic E-state index is -0.622. The summed E-state index contributed by atoms with van der Waals surface area (Å²) in [6, 6.07) is 7.49. The van der Waals surface area contributed by atoms with E-state index < -0.39 is 11.2 Å². The summed E-state index contributed by atoms with van der Waals surface area (Å²) in [6.07, 6.45) is 2.71. The highest BCUT2D eigenvalue weighted by atomic mass is 16.7.